The van der Waals surface area contributed by atoms with Crippen LogP contribution >= 0.6 is 11.6 Å². The van der Waals surface area contributed by atoms with Crippen LogP contribution in [0.15, 0.2) is 33.9 Å². The van der Waals surface area contributed by atoms with Crippen molar-refractivity contribution in [2.24, 2.45) is 5.41 Å². The lowest BCUT2D eigenvalue weighted by molar-refractivity contribution is 0.245. The molecule has 0 unspecified atom stereocenters. The summed E-state index contributed by atoms with van der Waals surface area (Å²) < 4.78 is 0. The van der Waals surface area contributed by atoms with Gasteiger partial charge in [-0.15, -0.1) is 0 Å². The number of rotatable bonds is 3. The fourth-order valence-electron chi connectivity index (χ4n) is 3.85. The Bertz CT molecular complexity index is 508. The first-order valence-corrected chi connectivity index (χ1v) is 9.11. The summed E-state index contributed by atoms with van der Waals surface area (Å²) in [5, 5.41) is 4.46. The van der Waals surface area contributed by atoms with E-state index >= 15 is 0 Å². The molecule has 1 aliphatic heterocycles. The van der Waals surface area contributed by atoms with E-state index in [1.54, 1.807) is 16.7 Å². The van der Waals surface area contributed by atoms with Crippen LogP contribution in [0.25, 0.3) is 0 Å². The summed E-state index contributed by atoms with van der Waals surface area (Å²) in [4.78, 5) is 2.62. The van der Waals surface area contributed by atoms with E-state index in [0.717, 1.165) is 31.0 Å². The quantitative estimate of drug-likeness (QED) is 0.836. The van der Waals surface area contributed by atoms with E-state index in [1.807, 2.05) is 0 Å². The molecule has 2 aliphatic carbocycles. The second-order valence-electron chi connectivity index (χ2n) is 7.75. The molecule has 0 bridgehead atoms. The Hall–Kier alpha value is -0.570. The summed E-state index contributed by atoms with van der Waals surface area (Å²) in [5.74, 6) is 0. The first kappa shape index (κ1) is 16.3. The van der Waals surface area contributed by atoms with E-state index in [9.17, 15) is 0 Å². The number of allylic oxidation sites excluding steroid dienone is 5. The van der Waals surface area contributed by atoms with Gasteiger partial charge in [0.1, 0.15) is 0 Å². The van der Waals surface area contributed by atoms with Crippen LogP contribution in [0.2, 0.25) is 0 Å². The van der Waals surface area contributed by atoms with Gasteiger partial charge in [0.2, 0.25) is 0 Å². The summed E-state index contributed by atoms with van der Waals surface area (Å²) in [6, 6.07) is 0. The largest absolute Gasteiger partial charge is 0.314 e. The van der Waals surface area contributed by atoms with Crippen molar-refractivity contribution in [3.8, 4) is 0 Å². The Balaban J connectivity index is 1.83. The molecule has 2 nitrogen and oxygen atoms in total. The van der Waals surface area contributed by atoms with Crippen LogP contribution in [-0.4, -0.2) is 37.6 Å². The first-order valence-electron chi connectivity index (χ1n) is 8.73. The minimum absolute atomic E-state index is 0.439. The molecule has 0 aromatic rings. The molecular weight excluding hydrogens is 292 g/mol. The van der Waals surface area contributed by atoms with Crippen LogP contribution in [0.5, 0.6) is 0 Å². The highest BCUT2D eigenvalue weighted by Crippen LogP contribution is 2.43. The molecule has 1 heterocycles. The molecule has 0 amide bonds. The Morgan fingerprint density at radius 1 is 1.14 bits per heavy atom. The van der Waals surface area contributed by atoms with Gasteiger partial charge in [-0.1, -0.05) is 37.1 Å². The molecule has 122 valence electrons. The maximum atomic E-state index is 6.15. The third-order valence-corrected chi connectivity index (χ3v) is 5.61. The SMILES string of the molecule is CC1(C)CCC(CN2CCNCC2)=C(C2=CC=C(Cl)CC2)C1. The fraction of sp³-hybridized carbons (Fsp3) is 0.684. The van der Waals surface area contributed by atoms with Crippen LogP contribution in [0.4, 0.5) is 0 Å². The zero-order chi connectivity index (χ0) is 15.6. The highest BCUT2D eigenvalue weighted by Gasteiger charge is 2.29. The van der Waals surface area contributed by atoms with Gasteiger partial charge in [-0.2, -0.15) is 0 Å². The molecule has 3 rings (SSSR count). The second-order valence-corrected chi connectivity index (χ2v) is 8.24. The summed E-state index contributed by atoms with van der Waals surface area (Å²) >= 11 is 6.15. The molecule has 0 radical (unpaired) electrons. The third-order valence-electron chi connectivity index (χ3n) is 5.30. The van der Waals surface area contributed by atoms with Gasteiger partial charge in [0.15, 0.2) is 0 Å². The smallest absolute Gasteiger partial charge is 0.0199 e. The van der Waals surface area contributed by atoms with Gasteiger partial charge in [-0.25, -0.2) is 0 Å². The highest BCUT2D eigenvalue weighted by atomic mass is 35.5. The lowest BCUT2D eigenvalue weighted by atomic mass is 9.71. The van der Waals surface area contributed by atoms with Crippen molar-refractivity contribution >= 4 is 11.6 Å². The summed E-state index contributed by atoms with van der Waals surface area (Å²) in [5.41, 5.74) is 5.32. The molecule has 3 aliphatic rings. The van der Waals surface area contributed by atoms with Crippen LogP contribution in [0.3, 0.4) is 0 Å². The van der Waals surface area contributed by atoms with Gasteiger partial charge in [0, 0.05) is 37.8 Å². The molecule has 22 heavy (non-hydrogen) atoms. The Morgan fingerprint density at radius 3 is 2.59 bits per heavy atom. The standard InChI is InChI=1S/C19H29ClN2/c1-19(2)8-7-16(14-22-11-9-21-10-12-22)18(13-19)15-3-5-17(20)6-4-15/h3,5,21H,4,6-14H2,1-2H3. The molecule has 0 spiro atoms. The minimum Gasteiger partial charge on any atom is -0.314 e. The summed E-state index contributed by atoms with van der Waals surface area (Å²) in [7, 11) is 0. The second kappa shape index (κ2) is 6.90. The van der Waals surface area contributed by atoms with Crippen molar-refractivity contribution in [2.75, 3.05) is 32.7 Å². The lowest BCUT2D eigenvalue weighted by Gasteiger charge is -2.37. The Kier molecular flexibility index (Phi) is 5.11. The number of hydrogen-bond donors (Lipinski definition) is 1. The first-order chi connectivity index (χ1) is 10.5. The monoisotopic (exact) mass is 320 g/mol. The summed E-state index contributed by atoms with van der Waals surface area (Å²) in [6.45, 7) is 10.6. The molecule has 0 aromatic heterocycles. The number of hydrogen-bond acceptors (Lipinski definition) is 2. The maximum Gasteiger partial charge on any atom is 0.0199 e. The Morgan fingerprint density at radius 2 is 1.91 bits per heavy atom. The third kappa shape index (κ3) is 4.04. The van der Waals surface area contributed by atoms with Gasteiger partial charge in [0.25, 0.3) is 0 Å². The van der Waals surface area contributed by atoms with Crippen molar-refractivity contribution < 1.29 is 0 Å². The van der Waals surface area contributed by atoms with E-state index in [-0.39, 0.29) is 0 Å². The molecule has 1 saturated heterocycles. The summed E-state index contributed by atoms with van der Waals surface area (Å²) in [6.07, 6.45) is 10.3. The minimum atomic E-state index is 0.439. The van der Waals surface area contributed by atoms with E-state index in [4.69, 9.17) is 11.6 Å². The van der Waals surface area contributed by atoms with Crippen LogP contribution in [0.1, 0.15) is 46.0 Å². The van der Waals surface area contributed by atoms with Crippen molar-refractivity contribution in [3.63, 3.8) is 0 Å². The number of piperazine rings is 1. The van der Waals surface area contributed by atoms with Crippen molar-refractivity contribution in [2.45, 2.75) is 46.0 Å². The molecule has 0 saturated carbocycles. The van der Waals surface area contributed by atoms with Gasteiger partial charge in [-0.05, 0) is 54.7 Å². The fourth-order valence-corrected chi connectivity index (χ4v) is 4.01. The molecule has 1 fully saturated rings. The average molecular weight is 321 g/mol. The van der Waals surface area contributed by atoms with E-state index in [1.165, 1.54) is 38.9 Å². The van der Waals surface area contributed by atoms with Crippen molar-refractivity contribution in [1.82, 2.24) is 10.2 Å². The van der Waals surface area contributed by atoms with E-state index in [2.05, 4.69) is 36.2 Å². The van der Waals surface area contributed by atoms with Crippen molar-refractivity contribution in [1.29, 1.82) is 0 Å². The number of nitrogens with one attached hydrogen (secondary N) is 1. The molecule has 3 heteroatoms. The predicted molar refractivity (Wildman–Crippen MR) is 95.2 cm³/mol. The van der Waals surface area contributed by atoms with Crippen LogP contribution < -0.4 is 5.32 Å². The molecule has 1 N–H and O–H groups in total. The lowest BCUT2D eigenvalue weighted by Crippen LogP contribution is -2.44. The van der Waals surface area contributed by atoms with Gasteiger partial charge < -0.3 is 5.32 Å². The van der Waals surface area contributed by atoms with Gasteiger partial charge >= 0.3 is 0 Å². The van der Waals surface area contributed by atoms with Crippen molar-refractivity contribution in [3.05, 3.63) is 33.9 Å². The molecular formula is C19H29ClN2. The molecule has 0 aromatic carbocycles. The number of halogens is 1. The zero-order valence-electron chi connectivity index (χ0n) is 14.1. The van der Waals surface area contributed by atoms with Gasteiger partial charge in [-0.3, -0.25) is 4.90 Å². The van der Waals surface area contributed by atoms with Crippen LogP contribution in [-0.2, 0) is 0 Å². The predicted octanol–water partition coefficient (Wildman–Crippen LogP) is 4.24. The normalized spacial score (nSPS) is 26.7. The Labute approximate surface area is 140 Å². The van der Waals surface area contributed by atoms with Gasteiger partial charge in [0.05, 0.1) is 0 Å². The number of nitrogens with zero attached hydrogens (tertiary/aromatic N) is 1. The van der Waals surface area contributed by atoms with E-state index in [0.29, 0.717) is 5.41 Å². The topological polar surface area (TPSA) is 15.3 Å². The van der Waals surface area contributed by atoms with Crippen LogP contribution in [0, 0.1) is 5.41 Å². The highest BCUT2D eigenvalue weighted by molar-refractivity contribution is 6.29. The molecule has 0 atom stereocenters. The zero-order valence-corrected chi connectivity index (χ0v) is 14.8. The van der Waals surface area contributed by atoms with E-state index < -0.39 is 0 Å². The average Bonchev–Trinajstić information content (AvgIpc) is 2.51. The maximum absolute atomic E-state index is 6.15.